The zero-order valence-corrected chi connectivity index (χ0v) is 19.5. The summed E-state index contributed by atoms with van der Waals surface area (Å²) in [7, 11) is 0. The monoisotopic (exact) mass is 463 g/mol. The van der Waals surface area contributed by atoms with E-state index >= 15 is 0 Å². The van der Waals surface area contributed by atoms with Crippen LogP contribution in [-0.4, -0.2) is 46.7 Å². The molecule has 8 heteroatoms. The number of halogens is 3. The molecular formula is C25H32F3N3O2. The van der Waals surface area contributed by atoms with E-state index in [0.717, 1.165) is 25.3 Å². The topological polar surface area (TPSA) is 64.6 Å². The largest absolute Gasteiger partial charge is 0.385 e. The number of hydrogen-bond donors (Lipinski definition) is 3. The van der Waals surface area contributed by atoms with Gasteiger partial charge in [0.15, 0.2) is 11.6 Å². The molecule has 2 saturated heterocycles. The Balaban J connectivity index is 0.00000149. The Morgan fingerprint density at radius 1 is 1.12 bits per heavy atom. The molecule has 2 fully saturated rings. The minimum Gasteiger partial charge on any atom is -0.385 e. The molecule has 2 aromatic carbocycles. The number of hydrogen-bond acceptors (Lipinski definition) is 4. The second-order valence-corrected chi connectivity index (χ2v) is 8.71. The number of β-amino-alcohol motifs (C(OH)–C–C–N with tert-alkyl or cyclic N) is 1. The quantitative estimate of drug-likeness (QED) is 0.604. The molecule has 1 amide bonds. The summed E-state index contributed by atoms with van der Waals surface area (Å²) in [6, 6.07) is 6.50. The van der Waals surface area contributed by atoms with Gasteiger partial charge < -0.3 is 20.6 Å². The molecule has 2 atom stereocenters. The summed E-state index contributed by atoms with van der Waals surface area (Å²) in [5.41, 5.74) is -0.993. The maximum Gasteiger partial charge on any atom is 0.256 e. The van der Waals surface area contributed by atoms with Crippen molar-refractivity contribution in [1.29, 1.82) is 0 Å². The Morgan fingerprint density at radius 3 is 2.45 bits per heavy atom. The van der Waals surface area contributed by atoms with Gasteiger partial charge in [-0.2, -0.15) is 0 Å². The molecule has 0 spiro atoms. The van der Waals surface area contributed by atoms with E-state index in [4.69, 9.17) is 0 Å². The van der Waals surface area contributed by atoms with Crippen molar-refractivity contribution in [2.75, 3.05) is 18.4 Å². The SMILES string of the molecule is CC.Cc1ccc(Nc2c(C(=O)N3CC(O)(C4CCCC(C)N4)C3)ccc(F)c2F)c(F)c1. The molecule has 4 rings (SSSR count). The minimum absolute atomic E-state index is 0.0651. The van der Waals surface area contributed by atoms with Crippen LogP contribution in [0.15, 0.2) is 30.3 Å². The molecule has 3 N–H and O–H groups in total. The van der Waals surface area contributed by atoms with Crippen molar-refractivity contribution in [3.05, 3.63) is 58.9 Å². The van der Waals surface area contributed by atoms with Gasteiger partial charge in [0, 0.05) is 12.1 Å². The molecule has 2 aliphatic heterocycles. The molecule has 0 radical (unpaired) electrons. The van der Waals surface area contributed by atoms with E-state index in [-0.39, 0.29) is 30.4 Å². The zero-order chi connectivity index (χ0) is 24.3. The van der Waals surface area contributed by atoms with E-state index in [1.165, 1.54) is 23.1 Å². The number of rotatable bonds is 4. The summed E-state index contributed by atoms with van der Waals surface area (Å²) >= 11 is 0. The van der Waals surface area contributed by atoms with Gasteiger partial charge in [0.25, 0.3) is 5.91 Å². The van der Waals surface area contributed by atoms with Crippen LogP contribution in [0.4, 0.5) is 24.5 Å². The van der Waals surface area contributed by atoms with Gasteiger partial charge in [0.05, 0.1) is 30.0 Å². The summed E-state index contributed by atoms with van der Waals surface area (Å²) in [6.45, 7) is 7.94. The zero-order valence-electron chi connectivity index (χ0n) is 19.5. The van der Waals surface area contributed by atoms with Crippen LogP contribution in [0, 0.1) is 24.4 Å². The van der Waals surface area contributed by atoms with Crippen LogP contribution < -0.4 is 10.6 Å². The highest BCUT2D eigenvalue weighted by Crippen LogP contribution is 2.34. The fourth-order valence-corrected chi connectivity index (χ4v) is 4.42. The molecular weight excluding hydrogens is 431 g/mol. The molecule has 2 unspecified atom stereocenters. The number of carbonyl (C=O) groups is 1. The first-order valence-electron chi connectivity index (χ1n) is 11.5. The number of amides is 1. The third kappa shape index (κ3) is 5.17. The maximum atomic E-state index is 14.6. The number of aryl methyl sites for hydroxylation is 1. The number of aliphatic hydroxyl groups is 1. The van der Waals surface area contributed by atoms with E-state index < -0.39 is 34.6 Å². The maximum absolute atomic E-state index is 14.6. The number of piperidine rings is 1. The lowest BCUT2D eigenvalue weighted by atomic mass is 9.80. The molecule has 2 aromatic rings. The first-order valence-corrected chi connectivity index (χ1v) is 11.5. The minimum atomic E-state index is -1.26. The Labute approximate surface area is 193 Å². The molecule has 2 heterocycles. The van der Waals surface area contributed by atoms with Gasteiger partial charge >= 0.3 is 0 Å². The first kappa shape index (κ1) is 25.1. The molecule has 5 nitrogen and oxygen atoms in total. The lowest BCUT2D eigenvalue weighted by molar-refractivity contribution is -0.111. The predicted molar refractivity (Wildman–Crippen MR) is 123 cm³/mol. The second-order valence-electron chi connectivity index (χ2n) is 8.71. The Morgan fingerprint density at radius 2 is 1.82 bits per heavy atom. The number of carbonyl (C=O) groups excluding carboxylic acids is 1. The van der Waals surface area contributed by atoms with Crippen LogP contribution in [0.5, 0.6) is 0 Å². The van der Waals surface area contributed by atoms with Gasteiger partial charge in [-0.05, 0) is 56.5 Å². The van der Waals surface area contributed by atoms with Crippen LogP contribution in [-0.2, 0) is 0 Å². The Bertz CT molecular complexity index is 1010. The third-order valence-electron chi connectivity index (χ3n) is 6.19. The van der Waals surface area contributed by atoms with Crippen LogP contribution >= 0.6 is 0 Å². The molecule has 0 saturated carbocycles. The lowest BCUT2D eigenvalue weighted by Crippen LogP contribution is -2.72. The smallest absolute Gasteiger partial charge is 0.256 e. The van der Waals surface area contributed by atoms with Gasteiger partial charge in [-0.15, -0.1) is 0 Å². The molecule has 2 aliphatic rings. The van der Waals surface area contributed by atoms with Gasteiger partial charge in [0.1, 0.15) is 11.4 Å². The fraction of sp³-hybridized carbons (Fsp3) is 0.480. The van der Waals surface area contributed by atoms with Crippen LogP contribution in [0.25, 0.3) is 0 Å². The van der Waals surface area contributed by atoms with Gasteiger partial charge in [0.2, 0.25) is 0 Å². The van der Waals surface area contributed by atoms with Gasteiger partial charge in [-0.3, -0.25) is 4.79 Å². The summed E-state index contributed by atoms with van der Waals surface area (Å²) in [6.07, 6.45) is 2.84. The summed E-state index contributed by atoms with van der Waals surface area (Å²) in [4.78, 5) is 14.4. The van der Waals surface area contributed by atoms with E-state index in [1.54, 1.807) is 13.0 Å². The van der Waals surface area contributed by atoms with Crippen molar-refractivity contribution in [1.82, 2.24) is 10.2 Å². The number of nitrogens with one attached hydrogen (secondary N) is 2. The second kappa shape index (κ2) is 10.1. The van der Waals surface area contributed by atoms with Crippen LogP contribution in [0.1, 0.15) is 56.0 Å². The normalized spacial score (nSPS) is 21.5. The fourth-order valence-electron chi connectivity index (χ4n) is 4.42. The summed E-state index contributed by atoms with van der Waals surface area (Å²) in [5, 5.41) is 16.8. The average Bonchev–Trinajstić information content (AvgIpc) is 2.77. The van der Waals surface area contributed by atoms with Crippen LogP contribution in [0.2, 0.25) is 0 Å². The predicted octanol–water partition coefficient (Wildman–Crippen LogP) is 4.90. The van der Waals surface area contributed by atoms with Crippen molar-refractivity contribution in [3.63, 3.8) is 0 Å². The number of nitrogens with zero attached hydrogens (tertiary/aromatic N) is 1. The lowest BCUT2D eigenvalue weighted by Gasteiger charge is -2.52. The van der Waals surface area contributed by atoms with Crippen LogP contribution in [0.3, 0.4) is 0 Å². The Kier molecular flexibility index (Phi) is 7.69. The van der Waals surface area contributed by atoms with Crippen molar-refractivity contribution in [2.45, 2.75) is 64.6 Å². The standard InChI is InChI=1S/C23H26F3N3O2.C2H6/c1-13-6-9-18(17(25)10-13)28-21-15(7-8-16(24)20(21)26)22(30)29-11-23(31,12-29)19-5-3-4-14(2)27-19;1-2/h6-10,14,19,27-28,31H,3-5,11-12H2,1-2H3;1-2H3. The van der Waals surface area contributed by atoms with E-state index in [1.807, 2.05) is 13.8 Å². The number of anilines is 2. The van der Waals surface area contributed by atoms with E-state index in [2.05, 4.69) is 17.6 Å². The van der Waals surface area contributed by atoms with Crippen molar-refractivity contribution in [3.8, 4) is 0 Å². The van der Waals surface area contributed by atoms with Gasteiger partial charge in [-0.25, -0.2) is 13.2 Å². The molecule has 33 heavy (non-hydrogen) atoms. The van der Waals surface area contributed by atoms with Crippen molar-refractivity contribution < 1.29 is 23.1 Å². The molecule has 0 bridgehead atoms. The highest BCUT2D eigenvalue weighted by atomic mass is 19.2. The van der Waals surface area contributed by atoms with E-state index in [9.17, 15) is 23.1 Å². The molecule has 0 aromatic heterocycles. The molecule has 180 valence electrons. The van der Waals surface area contributed by atoms with Crippen molar-refractivity contribution >= 4 is 17.3 Å². The van der Waals surface area contributed by atoms with E-state index in [0.29, 0.717) is 11.6 Å². The molecule has 0 aliphatic carbocycles. The third-order valence-corrected chi connectivity index (χ3v) is 6.19. The summed E-state index contributed by atoms with van der Waals surface area (Å²) < 4.78 is 42.8. The van der Waals surface area contributed by atoms with Gasteiger partial charge in [-0.1, -0.05) is 26.3 Å². The number of benzene rings is 2. The Hall–Kier alpha value is -2.58. The highest BCUT2D eigenvalue weighted by molar-refractivity contribution is 6.01. The average molecular weight is 464 g/mol. The number of likely N-dealkylation sites (tertiary alicyclic amines) is 1. The highest BCUT2D eigenvalue weighted by Gasteiger charge is 2.50. The first-order chi connectivity index (χ1) is 15.7. The summed E-state index contributed by atoms with van der Waals surface area (Å²) in [5.74, 6) is -3.60. The van der Waals surface area contributed by atoms with Crippen molar-refractivity contribution in [2.24, 2.45) is 0 Å².